The van der Waals surface area contributed by atoms with Crippen LogP contribution >= 0.6 is 0 Å². The Morgan fingerprint density at radius 2 is 1.65 bits per heavy atom. The topological polar surface area (TPSA) is 87.8 Å². The number of aliphatic hydroxyl groups is 1. The number of carbonyl (C=O) groups is 1. The van der Waals surface area contributed by atoms with E-state index in [-0.39, 0.29) is 29.6 Å². The first kappa shape index (κ1) is 17.9. The van der Waals surface area contributed by atoms with Gasteiger partial charge >= 0.3 is 0 Å². The average Bonchev–Trinajstić information content (AvgIpc) is 3.16. The van der Waals surface area contributed by atoms with Gasteiger partial charge in [-0.05, 0) is 36.4 Å². The molecule has 0 aliphatic carbocycles. The number of carbonyl (C=O) groups excluding carboxylic acids is 1. The minimum absolute atomic E-state index is 0.0316. The van der Waals surface area contributed by atoms with Crippen LogP contribution in [0.2, 0.25) is 0 Å². The summed E-state index contributed by atoms with van der Waals surface area (Å²) in [5, 5.41) is 9.37. The maximum Gasteiger partial charge on any atom is 0.265 e. The molecular weight excluding hydrogens is 354 g/mol. The van der Waals surface area contributed by atoms with Crippen LogP contribution in [0.25, 0.3) is 11.3 Å². The summed E-state index contributed by atoms with van der Waals surface area (Å²) in [4.78, 5) is 10.9. The molecule has 3 aromatic rings. The van der Waals surface area contributed by atoms with Crippen molar-refractivity contribution in [2.45, 2.75) is 4.90 Å². The minimum atomic E-state index is -3.97. The number of rotatable bonds is 7. The van der Waals surface area contributed by atoms with Gasteiger partial charge in [-0.1, -0.05) is 30.3 Å². The molecule has 0 atom stereocenters. The molecule has 0 bridgehead atoms. The molecule has 0 fully saturated rings. The van der Waals surface area contributed by atoms with E-state index in [2.05, 4.69) is 0 Å². The summed E-state index contributed by atoms with van der Waals surface area (Å²) in [6.07, 6.45) is 0.558. The van der Waals surface area contributed by atoms with Gasteiger partial charge in [-0.2, -0.15) is 0 Å². The summed E-state index contributed by atoms with van der Waals surface area (Å²) in [5.41, 5.74) is 0.795. The average molecular weight is 371 g/mol. The number of para-hydroxylation sites is 1. The molecule has 1 N–H and O–H groups in total. The second-order valence-electron chi connectivity index (χ2n) is 5.45. The first-order valence-electron chi connectivity index (χ1n) is 7.91. The quantitative estimate of drug-likeness (QED) is 0.645. The normalized spacial score (nSPS) is 11.3. The van der Waals surface area contributed by atoms with E-state index in [9.17, 15) is 18.3 Å². The molecule has 0 saturated heterocycles. The van der Waals surface area contributed by atoms with Crippen molar-refractivity contribution in [3.05, 3.63) is 72.5 Å². The summed E-state index contributed by atoms with van der Waals surface area (Å²) < 4.78 is 33.1. The van der Waals surface area contributed by atoms with Crippen molar-refractivity contribution in [2.75, 3.05) is 17.5 Å². The zero-order valence-electron chi connectivity index (χ0n) is 13.8. The minimum Gasteiger partial charge on any atom is -0.453 e. The van der Waals surface area contributed by atoms with Crippen LogP contribution in [0.15, 0.2) is 76.0 Å². The summed E-state index contributed by atoms with van der Waals surface area (Å²) in [7, 11) is -3.97. The number of hydrogen-bond donors (Lipinski definition) is 1. The molecule has 0 saturated carbocycles. The highest BCUT2D eigenvalue weighted by atomic mass is 32.2. The zero-order valence-corrected chi connectivity index (χ0v) is 14.6. The highest BCUT2D eigenvalue weighted by molar-refractivity contribution is 7.93. The molecular formula is C19H17NO5S. The predicted molar refractivity (Wildman–Crippen MR) is 97.6 cm³/mol. The Morgan fingerprint density at radius 3 is 2.31 bits per heavy atom. The Balaban J connectivity index is 2.13. The van der Waals surface area contributed by atoms with Gasteiger partial charge in [0.2, 0.25) is 0 Å². The smallest absolute Gasteiger partial charge is 0.265 e. The van der Waals surface area contributed by atoms with Crippen LogP contribution in [0.3, 0.4) is 0 Å². The first-order valence-corrected chi connectivity index (χ1v) is 9.35. The Labute approximate surface area is 151 Å². The third-order valence-electron chi connectivity index (χ3n) is 3.81. The number of furan rings is 1. The molecule has 2 aromatic carbocycles. The molecule has 7 heteroatoms. The van der Waals surface area contributed by atoms with Gasteiger partial charge in [0.25, 0.3) is 10.0 Å². The van der Waals surface area contributed by atoms with Gasteiger partial charge in [0, 0.05) is 5.56 Å². The van der Waals surface area contributed by atoms with E-state index >= 15 is 0 Å². The molecule has 26 heavy (non-hydrogen) atoms. The molecule has 0 spiro atoms. The molecule has 1 heterocycles. The van der Waals surface area contributed by atoms with Gasteiger partial charge in [0.1, 0.15) is 5.76 Å². The van der Waals surface area contributed by atoms with Gasteiger partial charge in [-0.3, -0.25) is 9.10 Å². The van der Waals surface area contributed by atoms with E-state index in [1.165, 1.54) is 12.1 Å². The lowest BCUT2D eigenvalue weighted by Gasteiger charge is -2.24. The maximum absolute atomic E-state index is 13.3. The first-order chi connectivity index (χ1) is 12.6. The standard InChI is InChI=1S/C19H17NO5S/c21-13-12-20(15-6-2-1-3-7-15)26(23,24)19-9-5-4-8-17(19)18-11-10-16(14-22)25-18/h1-11,14,21H,12-13H2. The lowest BCUT2D eigenvalue weighted by Crippen LogP contribution is -2.33. The van der Waals surface area contributed by atoms with Gasteiger partial charge in [-0.25, -0.2) is 8.42 Å². The van der Waals surface area contributed by atoms with E-state index < -0.39 is 10.0 Å². The number of nitrogens with zero attached hydrogens (tertiary/aromatic N) is 1. The fourth-order valence-corrected chi connectivity index (χ4v) is 4.30. The summed E-state index contributed by atoms with van der Waals surface area (Å²) in [6.45, 7) is -0.412. The van der Waals surface area contributed by atoms with E-state index in [4.69, 9.17) is 4.42 Å². The highest BCUT2D eigenvalue weighted by Gasteiger charge is 2.28. The lowest BCUT2D eigenvalue weighted by atomic mass is 10.2. The number of benzene rings is 2. The maximum atomic E-state index is 13.3. The number of aliphatic hydroxyl groups excluding tert-OH is 1. The largest absolute Gasteiger partial charge is 0.453 e. The fraction of sp³-hybridized carbons (Fsp3) is 0.105. The lowest BCUT2D eigenvalue weighted by molar-refractivity contribution is 0.110. The van der Waals surface area contributed by atoms with Crippen molar-refractivity contribution >= 4 is 22.0 Å². The molecule has 3 rings (SSSR count). The molecule has 0 amide bonds. The Hall–Kier alpha value is -2.90. The molecule has 6 nitrogen and oxygen atoms in total. The summed E-state index contributed by atoms with van der Waals surface area (Å²) in [6, 6.07) is 18.0. The highest BCUT2D eigenvalue weighted by Crippen LogP contribution is 2.32. The van der Waals surface area contributed by atoms with Crippen molar-refractivity contribution in [2.24, 2.45) is 0 Å². The molecule has 0 aliphatic heterocycles. The second kappa shape index (κ2) is 7.55. The van der Waals surface area contributed by atoms with Crippen LogP contribution in [0.4, 0.5) is 5.69 Å². The van der Waals surface area contributed by atoms with Crippen LogP contribution in [-0.2, 0) is 10.0 Å². The van der Waals surface area contributed by atoms with Crippen LogP contribution in [-0.4, -0.2) is 33.0 Å². The zero-order chi connectivity index (χ0) is 18.6. The number of anilines is 1. The molecule has 0 unspecified atom stereocenters. The number of aldehydes is 1. The van der Waals surface area contributed by atoms with Crippen LogP contribution in [0, 0.1) is 0 Å². The third-order valence-corrected chi connectivity index (χ3v) is 5.70. The number of hydrogen-bond acceptors (Lipinski definition) is 5. The Bertz CT molecular complexity index is 996. The van der Waals surface area contributed by atoms with Crippen molar-refractivity contribution < 1.29 is 22.7 Å². The van der Waals surface area contributed by atoms with Gasteiger partial charge in [-0.15, -0.1) is 0 Å². The second-order valence-corrected chi connectivity index (χ2v) is 7.28. The van der Waals surface area contributed by atoms with Gasteiger partial charge < -0.3 is 9.52 Å². The van der Waals surface area contributed by atoms with Crippen molar-refractivity contribution in [3.63, 3.8) is 0 Å². The molecule has 0 aliphatic rings. The van der Waals surface area contributed by atoms with E-state index in [0.29, 0.717) is 17.5 Å². The number of sulfonamides is 1. The van der Waals surface area contributed by atoms with Crippen molar-refractivity contribution in [1.29, 1.82) is 0 Å². The Kier molecular flexibility index (Phi) is 5.20. The van der Waals surface area contributed by atoms with Crippen LogP contribution in [0.5, 0.6) is 0 Å². The fourth-order valence-electron chi connectivity index (χ4n) is 2.65. The van der Waals surface area contributed by atoms with Gasteiger partial charge in [0.15, 0.2) is 12.0 Å². The monoisotopic (exact) mass is 371 g/mol. The van der Waals surface area contributed by atoms with Crippen LogP contribution in [0.1, 0.15) is 10.6 Å². The van der Waals surface area contributed by atoms with E-state index in [0.717, 1.165) is 4.31 Å². The van der Waals surface area contributed by atoms with E-state index in [1.54, 1.807) is 54.6 Å². The summed E-state index contributed by atoms with van der Waals surface area (Å²) in [5.74, 6) is 0.394. The SMILES string of the molecule is O=Cc1ccc(-c2ccccc2S(=O)(=O)N(CCO)c2ccccc2)o1. The van der Waals surface area contributed by atoms with Crippen molar-refractivity contribution in [1.82, 2.24) is 0 Å². The molecule has 0 radical (unpaired) electrons. The molecule has 134 valence electrons. The third kappa shape index (κ3) is 3.40. The molecule has 1 aromatic heterocycles. The summed E-state index contributed by atoms with van der Waals surface area (Å²) >= 11 is 0. The predicted octanol–water partition coefficient (Wildman–Crippen LogP) is 2.95. The van der Waals surface area contributed by atoms with Crippen LogP contribution < -0.4 is 4.31 Å². The van der Waals surface area contributed by atoms with E-state index in [1.807, 2.05) is 0 Å². The van der Waals surface area contributed by atoms with Gasteiger partial charge in [0.05, 0.1) is 23.7 Å². The Morgan fingerprint density at radius 1 is 0.962 bits per heavy atom. The van der Waals surface area contributed by atoms with Crippen molar-refractivity contribution in [3.8, 4) is 11.3 Å².